The van der Waals surface area contributed by atoms with Gasteiger partial charge in [-0.1, -0.05) is 5.16 Å². The molecule has 0 saturated heterocycles. The summed E-state index contributed by atoms with van der Waals surface area (Å²) in [4.78, 5) is 14.2. The lowest BCUT2D eigenvalue weighted by Crippen LogP contribution is -2.31. The zero-order chi connectivity index (χ0) is 17.0. The lowest BCUT2D eigenvalue weighted by atomic mass is 10.1. The fourth-order valence-corrected chi connectivity index (χ4v) is 2.38. The van der Waals surface area contributed by atoms with Gasteiger partial charge in [0.1, 0.15) is 5.76 Å². The Bertz CT molecular complexity index is 641. The Morgan fingerprint density at radius 2 is 2.17 bits per heavy atom. The number of aryl methyl sites for hydroxylation is 2. The molecule has 8 heteroatoms. The van der Waals surface area contributed by atoms with Crippen LogP contribution in [0, 0.1) is 13.8 Å². The summed E-state index contributed by atoms with van der Waals surface area (Å²) >= 11 is 0. The van der Waals surface area contributed by atoms with Crippen molar-refractivity contribution in [2.45, 2.75) is 33.4 Å². The highest BCUT2D eigenvalue weighted by Crippen LogP contribution is 2.20. The van der Waals surface area contributed by atoms with Crippen LogP contribution in [0.4, 0.5) is 10.6 Å². The molecule has 1 atom stereocenters. The quantitative estimate of drug-likeness (QED) is 0.849. The Labute approximate surface area is 135 Å². The third-order valence-electron chi connectivity index (χ3n) is 3.53. The van der Waals surface area contributed by atoms with Crippen LogP contribution in [0.15, 0.2) is 16.8 Å². The smallest absolute Gasteiger partial charge is 0.320 e. The average Bonchev–Trinajstić information content (AvgIpc) is 3.03. The Morgan fingerprint density at radius 3 is 2.78 bits per heavy atom. The summed E-state index contributed by atoms with van der Waals surface area (Å²) in [5.74, 6) is 1.23. The van der Waals surface area contributed by atoms with Crippen molar-refractivity contribution in [1.82, 2.24) is 25.2 Å². The van der Waals surface area contributed by atoms with Gasteiger partial charge in [-0.15, -0.1) is 0 Å². The third-order valence-corrected chi connectivity index (χ3v) is 3.53. The average molecular weight is 320 g/mol. The van der Waals surface area contributed by atoms with Gasteiger partial charge in [-0.05, 0) is 34.9 Å². The number of amides is 2. The molecule has 0 fully saturated rings. The fraction of sp³-hybridized carbons (Fsp3) is 0.533. The maximum Gasteiger partial charge on any atom is 0.320 e. The standard InChI is InChI=1S/C15H24N6O2/c1-10(14-11(2)19-23-12(14)3)16-15(22)17-13-6-7-21(18-13)9-8-20(4)5/h6-7,10H,8-9H2,1-5H3,(H2,16,17,18,22)/t10-/m1/s1. The number of hydrogen-bond acceptors (Lipinski definition) is 5. The minimum absolute atomic E-state index is 0.197. The lowest BCUT2D eigenvalue weighted by molar-refractivity contribution is 0.249. The summed E-state index contributed by atoms with van der Waals surface area (Å²) in [6, 6.07) is 1.27. The van der Waals surface area contributed by atoms with E-state index in [1.165, 1.54) is 0 Å². The van der Waals surface area contributed by atoms with Gasteiger partial charge < -0.3 is 14.7 Å². The second-order valence-electron chi connectivity index (χ2n) is 5.83. The summed E-state index contributed by atoms with van der Waals surface area (Å²) in [6.07, 6.45) is 1.84. The summed E-state index contributed by atoms with van der Waals surface area (Å²) in [5, 5.41) is 13.8. The van der Waals surface area contributed by atoms with E-state index < -0.39 is 0 Å². The number of urea groups is 1. The molecule has 2 amide bonds. The van der Waals surface area contributed by atoms with E-state index in [1.807, 2.05) is 41.1 Å². The topological polar surface area (TPSA) is 88.2 Å². The molecule has 2 heterocycles. The van der Waals surface area contributed by atoms with Gasteiger partial charge in [-0.2, -0.15) is 5.10 Å². The van der Waals surface area contributed by atoms with E-state index in [4.69, 9.17) is 4.52 Å². The summed E-state index contributed by atoms with van der Waals surface area (Å²) in [6.45, 7) is 7.23. The normalized spacial score (nSPS) is 12.4. The first-order chi connectivity index (χ1) is 10.9. The zero-order valence-corrected chi connectivity index (χ0v) is 14.3. The van der Waals surface area contributed by atoms with E-state index in [1.54, 1.807) is 10.7 Å². The molecule has 2 aromatic heterocycles. The van der Waals surface area contributed by atoms with Crippen LogP contribution in [0.3, 0.4) is 0 Å². The molecule has 8 nitrogen and oxygen atoms in total. The van der Waals surface area contributed by atoms with E-state index in [0.29, 0.717) is 11.6 Å². The van der Waals surface area contributed by atoms with Gasteiger partial charge in [0.25, 0.3) is 0 Å². The van der Waals surface area contributed by atoms with Crippen molar-refractivity contribution < 1.29 is 9.32 Å². The van der Waals surface area contributed by atoms with Crippen LogP contribution in [-0.2, 0) is 6.54 Å². The van der Waals surface area contributed by atoms with Gasteiger partial charge in [-0.25, -0.2) is 4.79 Å². The summed E-state index contributed by atoms with van der Waals surface area (Å²) < 4.78 is 6.92. The highest BCUT2D eigenvalue weighted by molar-refractivity contribution is 5.88. The van der Waals surface area contributed by atoms with Crippen molar-refractivity contribution in [3.63, 3.8) is 0 Å². The number of aromatic nitrogens is 3. The fourth-order valence-electron chi connectivity index (χ4n) is 2.38. The molecule has 0 bridgehead atoms. The number of carbonyl (C=O) groups excluding carboxylic acids is 1. The minimum atomic E-state index is -0.310. The molecule has 0 aliphatic carbocycles. The number of rotatable bonds is 6. The number of nitrogens with one attached hydrogen (secondary N) is 2. The number of anilines is 1. The molecule has 0 unspecified atom stereocenters. The largest absolute Gasteiger partial charge is 0.361 e. The van der Waals surface area contributed by atoms with Gasteiger partial charge in [0.2, 0.25) is 0 Å². The van der Waals surface area contributed by atoms with Crippen LogP contribution < -0.4 is 10.6 Å². The molecular weight excluding hydrogens is 296 g/mol. The van der Waals surface area contributed by atoms with Gasteiger partial charge in [-0.3, -0.25) is 10.00 Å². The molecule has 0 saturated carbocycles. The van der Waals surface area contributed by atoms with Crippen molar-refractivity contribution >= 4 is 11.8 Å². The Balaban J connectivity index is 1.90. The van der Waals surface area contributed by atoms with Crippen molar-refractivity contribution in [1.29, 1.82) is 0 Å². The summed E-state index contributed by atoms with van der Waals surface area (Å²) in [5.41, 5.74) is 1.68. The molecule has 2 aromatic rings. The predicted molar refractivity (Wildman–Crippen MR) is 87.3 cm³/mol. The van der Waals surface area contributed by atoms with Crippen molar-refractivity contribution in [2.75, 3.05) is 26.0 Å². The molecule has 0 aliphatic rings. The first-order valence-electron chi connectivity index (χ1n) is 7.55. The third kappa shape index (κ3) is 4.56. The Hall–Kier alpha value is -2.35. The first kappa shape index (κ1) is 17.0. The van der Waals surface area contributed by atoms with Crippen LogP contribution in [-0.4, -0.2) is 46.5 Å². The molecule has 23 heavy (non-hydrogen) atoms. The number of carbonyl (C=O) groups is 1. The van der Waals surface area contributed by atoms with E-state index in [9.17, 15) is 4.79 Å². The van der Waals surface area contributed by atoms with Crippen LogP contribution >= 0.6 is 0 Å². The molecule has 2 N–H and O–H groups in total. The van der Waals surface area contributed by atoms with E-state index in [0.717, 1.165) is 24.3 Å². The lowest BCUT2D eigenvalue weighted by Gasteiger charge is -2.13. The maximum absolute atomic E-state index is 12.1. The van der Waals surface area contributed by atoms with E-state index >= 15 is 0 Å². The van der Waals surface area contributed by atoms with Gasteiger partial charge in [0.15, 0.2) is 5.82 Å². The molecule has 0 aliphatic heterocycles. The molecule has 126 valence electrons. The zero-order valence-electron chi connectivity index (χ0n) is 14.3. The highest BCUT2D eigenvalue weighted by Gasteiger charge is 2.18. The number of likely N-dealkylation sites (N-methyl/N-ethyl adjacent to an activating group) is 1. The maximum atomic E-state index is 12.1. The van der Waals surface area contributed by atoms with E-state index in [2.05, 4.69) is 25.8 Å². The van der Waals surface area contributed by atoms with Crippen LogP contribution in [0.1, 0.15) is 30.0 Å². The Kier molecular flexibility index (Phi) is 5.38. The predicted octanol–water partition coefficient (Wildman–Crippen LogP) is 1.93. The molecule has 0 spiro atoms. The van der Waals surface area contributed by atoms with Gasteiger partial charge >= 0.3 is 6.03 Å². The number of hydrogen-bond donors (Lipinski definition) is 2. The van der Waals surface area contributed by atoms with Crippen LogP contribution in [0.2, 0.25) is 0 Å². The highest BCUT2D eigenvalue weighted by atomic mass is 16.5. The second-order valence-corrected chi connectivity index (χ2v) is 5.83. The van der Waals surface area contributed by atoms with Gasteiger partial charge in [0.05, 0.1) is 18.3 Å². The van der Waals surface area contributed by atoms with Gasteiger partial charge in [0, 0.05) is 24.4 Å². The Morgan fingerprint density at radius 1 is 1.43 bits per heavy atom. The van der Waals surface area contributed by atoms with E-state index in [-0.39, 0.29) is 12.1 Å². The molecule has 0 radical (unpaired) electrons. The van der Waals surface area contributed by atoms with Crippen LogP contribution in [0.5, 0.6) is 0 Å². The van der Waals surface area contributed by atoms with Crippen molar-refractivity contribution in [3.05, 3.63) is 29.3 Å². The first-order valence-corrected chi connectivity index (χ1v) is 7.55. The van der Waals surface area contributed by atoms with Crippen molar-refractivity contribution in [2.24, 2.45) is 0 Å². The number of nitrogens with zero attached hydrogens (tertiary/aromatic N) is 4. The molecule has 2 rings (SSSR count). The molecular formula is C15H24N6O2. The monoisotopic (exact) mass is 320 g/mol. The van der Waals surface area contributed by atoms with Crippen molar-refractivity contribution in [3.8, 4) is 0 Å². The SMILES string of the molecule is Cc1noc(C)c1[C@@H](C)NC(=O)Nc1ccn(CCN(C)C)n1. The second kappa shape index (κ2) is 7.28. The summed E-state index contributed by atoms with van der Waals surface area (Å²) in [7, 11) is 4.01. The van der Waals surface area contributed by atoms with Crippen LogP contribution in [0.25, 0.3) is 0 Å². The molecule has 0 aromatic carbocycles. The minimum Gasteiger partial charge on any atom is -0.361 e.